The van der Waals surface area contributed by atoms with Gasteiger partial charge in [-0.15, -0.1) is 0 Å². The maximum Gasteiger partial charge on any atom is 0.337 e. The lowest BCUT2D eigenvalue weighted by atomic mass is 10.1. The largest absolute Gasteiger partial charge is 0.465 e. The molecule has 0 saturated heterocycles. The Labute approximate surface area is 188 Å². The molecule has 0 aliphatic carbocycles. The Balaban J connectivity index is 1.81. The van der Waals surface area contributed by atoms with Crippen LogP contribution < -0.4 is 10.5 Å². The number of nitrogen functional groups attached to an aromatic ring is 1. The minimum atomic E-state index is -0.504. The van der Waals surface area contributed by atoms with Gasteiger partial charge in [0.2, 0.25) is 0 Å². The van der Waals surface area contributed by atoms with Gasteiger partial charge in [-0.1, -0.05) is 12.1 Å². The summed E-state index contributed by atoms with van der Waals surface area (Å²) >= 11 is 0. The molecule has 0 amide bonds. The van der Waals surface area contributed by atoms with Gasteiger partial charge in [-0.05, 0) is 23.8 Å². The predicted octanol–water partition coefficient (Wildman–Crippen LogP) is 2.47. The second kappa shape index (κ2) is 9.57. The van der Waals surface area contributed by atoms with E-state index in [1.165, 1.54) is 19.4 Å². The number of pyridine rings is 1. The lowest BCUT2D eigenvalue weighted by molar-refractivity contribution is 0.0600. The molecule has 0 unspecified atom stereocenters. The van der Waals surface area contributed by atoms with E-state index in [0.717, 1.165) is 11.8 Å². The smallest absolute Gasteiger partial charge is 0.337 e. The van der Waals surface area contributed by atoms with Crippen LogP contribution in [-0.4, -0.2) is 57.9 Å². The van der Waals surface area contributed by atoms with Crippen molar-refractivity contribution >= 4 is 23.0 Å². The van der Waals surface area contributed by atoms with E-state index < -0.39 is 11.8 Å². The van der Waals surface area contributed by atoms with E-state index in [1.54, 1.807) is 35.9 Å². The highest BCUT2D eigenvalue weighted by atomic mass is 19.1. The molecule has 0 aliphatic rings. The van der Waals surface area contributed by atoms with Gasteiger partial charge in [0.05, 0.1) is 32.0 Å². The van der Waals surface area contributed by atoms with Crippen LogP contribution in [0.2, 0.25) is 0 Å². The van der Waals surface area contributed by atoms with Gasteiger partial charge >= 0.3 is 12.0 Å². The number of nitrogens with two attached hydrogens (primary N) is 1. The Morgan fingerprint density at radius 2 is 1.88 bits per heavy atom. The number of anilines is 1. The summed E-state index contributed by atoms with van der Waals surface area (Å²) in [7, 11) is 2.88. The third-order valence-corrected chi connectivity index (χ3v) is 4.80. The van der Waals surface area contributed by atoms with Crippen molar-refractivity contribution in [2.24, 2.45) is 0 Å². The molecule has 0 saturated carbocycles. The Hall–Kier alpha value is -4.12. The molecular weight excluding hydrogens is 431 g/mol. The lowest BCUT2D eigenvalue weighted by Gasteiger charge is -2.10. The Morgan fingerprint density at radius 1 is 1.09 bits per heavy atom. The highest BCUT2D eigenvalue weighted by Gasteiger charge is 2.20. The fraction of sp³-hybridized carbons (Fsp3) is 0.227. The van der Waals surface area contributed by atoms with Crippen molar-refractivity contribution in [3.63, 3.8) is 0 Å². The van der Waals surface area contributed by atoms with Crippen LogP contribution in [0.4, 0.5) is 10.2 Å². The van der Waals surface area contributed by atoms with Crippen LogP contribution >= 0.6 is 0 Å². The maximum atomic E-state index is 13.9. The molecule has 170 valence electrons. The number of carbonyl (C=O) groups excluding carboxylic acids is 1. The molecule has 4 rings (SSSR count). The first-order chi connectivity index (χ1) is 16.0. The molecule has 0 spiro atoms. The molecule has 4 aromatic rings. The molecule has 11 heteroatoms. The number of hydrogen-bond acceptors (Lipinski definition) is 9. The fourth-order valence-corrected chi connectivity index (χ4v) is 3.23. The molecular formula is C22H21FN6O4. The van der Waals surface area contributed by atoms with Gasteiger partial charge in [0, 0.05) is 18.9 Å². The molecule has 3 heterocycles. The molecule has 1 aromatic carbocycles. The van der Waals surface area contributed by atoms with Gasteiger partial charge in [0.15, 0.2) is 17.0 Å². The van der Waals surface area contributed by atoms with Crippen molar-refractivity contribution in [2.75, 3.05) is 33.2 Å². The summed E-state index contributed by atoms with van der Waals surface area (Å²) in [6.45, 7) is 0.899. The topological polar surface area (TPSA) is 127 Å². The van der Waals surface area contributed by atoms with E-state index in [1.807, 2.05) is 0 Å². The first-order valence-corrected chi connectivity index (χ1v) is 9.93. The van der Waals surface area contributed by atoms with Crippen LogP contribution in [0, 0.1) is 5.82 Å². The highest BCUT2D eigenvalue weighted by Crippen LogP contribution is 2.28. The molecule has 2 N–H and O–H groups in total. The standard InChI is InChI=1S/C22H21FN6O4/c1-31-7-8-33-22-27-18(24)17-20(28-22)29(19(26-17)15-9-16(23)11-25-10-15)12-13-3-5-14(6-4-13)21(30)32-2/h3-6,9-11H,7-8,12H2,1-2H3,(H2,24,27,28). The summed E-state index contributed by atoms with van der Waals surface area (Å²) in [6.07, 6.45) is 2.61. The first-order valence-electron chi connectivity index (χ1n) is 9.93. The predicted molar refractivity (Wildman–Crippen MR) is 117 cm³/mol. The number of imidazole rings is 1. The first kappa shape index (κ1) is 22.1. The molecule has 3 aromatic heterocycles. The van der Waals surface area contributed by atoms with Crippen molar-refractivity contribution in [1.82, 2.24) is 24.5 Å². The van der Waals surface area contributed by atoms with E-state index in [-0.39, 0.29) is 18.4 Å². The minimum Gasteiger partial charge on any atom is -0.465 e. The summed E-state index contributed by atoms with van der Waals surface area (Å²) in [5.74, 6) is -0.405. The second-order valence-corrected chi connectivity index (χ2v) is 7.01. The van der Waals surface area contributed by atoms with Gasteiger partial charge in [-0.3, -0.25) is 4.98 Å². The van der Waals surface area contributed by atoms with Crippen LogP contribution in [0.3, 0.4) is 0 Å². The monoisotopic (exact) mass is 452 g/mol. The Kier molecular flexibility index (Phi) is 6.41. The second-order valence-electron chi connectivity index (χ2n) is 7.01. The molecule has 0 fully saturated rings. The van der Waals surface area contributed by atoms with Crippen LogP contribution in [0.25, 0.3) is 22.6 Å². The number of benzene rings is 1. The lowest BCUT2D eigenvalue weighted by Crippen LogP contribution is -2.09. The zero-order valence-electron chi connectivity index (χ0n) is 18.0. The summed E-state index contributed by atoms with van der Waals surface area (Å²) in [5.41, 5.74) is 8.60. The quantitative estimate of drug-likeness (QED) is 0.317. The maximum absolute atomic E-state index is 13.9. The number of esters is 1. The van der Waals surface area contributed by atoms with Crippen molar-refractivity contribution < 1.29 is 23.4 Å². The fourth-order valence-electron chi connectivity index (χ4n) is 3.23. The number of methoxy groups -OCH3 is 2. The average Bonchev–Trinajstić information content (AvgIpc) is 3.18. The van der Waals surface area contributed by atoms with Crippen molar-refractivity contribution in [3.05, 3.63) is 59.7 Å². The van der Waals surface area contributed by atoms with E-state index in [4.69, 9.17) is 19.9 Å². The van der Waals surface area contributed by atoms with E-state index in [2.05, 4.69) is 19.9 Å². The number of carbonyl (C=O) groups is 1. The van der Waals surface area contributed by atoms with E-state index in [0.29, 0.717) is 41.3 Å². The number of nitrogens with zero attached hydrogens (tertiary/aromatic N) is 5. The molecule has 0 atom stereocenters. The van der Waals surface area contributed by atoms with Crippen LogP contribution in [-0.2, 0) is 16.0 Å². The van der Waals surface area contributed by atoms with Crippen LogP contribution in [0.5, 0.6) is 6.01 Å². The number of rotatable bonds is 8. The van der Waals surface area contributed by atoms with E-state index >= 15 is 0 Å². The Morgan fingerprint density at radius 3 is 2.58 bits per heavy atom. The summed E-state index contributed by atoms with van der Waals surface area (Å²) in [6, 6.07) is 8.28. The average molecular weight is 452 g/mol. The number of halogens is 1. The summed E-state index contributed by atoms with van der Waals surface area (Å²) in [4.78, 5) is 28.9. The molecule has 0 bridgehead atoms. The third kappa shape index (κ3) is 4.72. The number of hydrogen-bond donors (Lipinski definition) is 1. The molecule has 10 nitrogen and oxygen atoms in total. The van der Waals surface area contributed by atoms with Gasteiger partial charge in [0.1, 0.15) is 18.2 Å². The summed E-state index contributed by atoms with van der Waals surface area (Å²) in [5, 5.41) is 0. The molecule has 0 aliphatic heterocycles. The van der Waals surface area contributed by atoms with Gasteiger partial charge in [-0.2, -0.15) is 9.97 Å². The summed E-state index contributed by atoms with van der Waals surface area (Å²) < 4.78 is 30.9. The highest BCUT2D eigenvalue weighted by molar-refractivity contribution is 5.89. The third-order valence-electron chi connectivity index (χ3n) is 4.80. The van der Waals surface area contributed by atoms with Crippen molar-refractivity contribution in [2.45, 2.75) is 6.54 Å². The van der Waals surface area contributed by atoms with Crippen molar-refractivity contribution in [3.8, 4) is 17.4 Å². The van der Waals surface area contributed by atoms with Crippen LogP contribution in [0.15, 0.2) is 42.7 Å². The van der Waals surface area contributed by atoms with Crippen molar-refractivity contribution in [1.29, 1.82) is 0 Å². The minimum absolute atomic E-state index is 0.0724. The zero-order valence-corrected chi connectivity index (χ0v) is 18.0. The molecule has 33 heavy (non-hydrogen) atoms. The normalized spacial score (nSPS) is 11.0. The van der Waals surface area contributed by atoms with Gasteiger partial charge in [0.25, 0.3) is 0 Å². The Bertz CT molecular complexity index is 1290. The van der Waals surface area contributed by atoms with Gasteiger partial charge < -0.3 is 24.5 Å². The zero-order chi connectivity index (χ0) is 23.4. The van der Waals surface area contributed by atoms with E-state index in [9.17, 15) is 9.18 Å². The SMILES string of the molecule is COCCOc1nc(N)c2nc(-c3cncc(F)c3)n(Cc3ccc(C(=O)OC)cc3)c2n1. The number of aromatic nitrogens is 5. The number of ether oxygens (including phenoxy) is 3. The molecule has 0 radical (unpaired) electrons. The van der Waals surface area contributed by atoms with Gasteiger partial charge in [-0.25, -0.2) is 14.2 Å². The number of fused-ring (bicyclic) bond motifs is 1. The van der Waals surface area contributed by atoms with Crippen LogP contribution in [0.1, 0.15) is 15.9 Å².